The summed E-state index contributed by atoms with van der Waals surface area (Å²) < 4.78 is 0. The fraction of sp³-hybridized carbons (Fsp3) is 0.0625. The highest BCUT2D eigenvalue weighted by atomic mass is 35.5. The van der Waals surface area contributed by atoms with Crippen molar-refractivity contribution in [1.82, 2.24) is 0 Å². The van der Waals surface area contributed by atoms with Gasteiger partial charge in [-0.25, -0.2) is 4.79 Å². The molecule has 2 aromatic rings. The van der Waals surface area contributed by atoms with Crippen LogP contribution in [0.1, 0.15) is 16.7 Å². The molecule has 0 aliphatic rings. The Labute approximate surface area is 127 Å². The zero-order chi connectivity index (χ0) is 14.7. The Hall–Kier alpha value is -1.77. The van der Waals surface area contributed by atoms with E-state index in [1.165, 1.54) is 0 Å². The highest BCUT2D eigenvalue weighted by Gasteiger charge is 2.11. The van der Waals surface area contributed by atoms with Crippen LogP contribution in [-0.4, -0.2) is 11.1 Å². The SMILES string of the molecule is Cc1ccc(/C(=C/C(=O)O)c2ccc(Cl)cc2Cl)cc1. The van der Waals surface area contributed by atoms with Crippen LogP contribution in [0.5, 0.6) is 0 Å². The summed E-state index contributed by atoms with van der Waals surface area (Å²) in [4.78, 5) is 11.1. The van der Waals surface area contributed by atoms with Gasteiger partial charge in [0, 0.05) is 21.7 Å². The lowest BCUT2D eigenvalue weighted by Gasteiger charge is -2.10. The number of carbonyl (C=O) groups is 1. The first kappa shape index (κ1) is 14.6. The van der Waals surface area contributed by atoms with Gasteiger partial charge in [0.1, 0.15) is 0 Å². The van der Waals surface area contributed by atoms with E-state index in [4.69, 9.17) is 28.3 Å². The molecule has 0 amide bonds. The van der Waals surface area contributed by atoms with Gasteiger partial charge in [-0.05, 0) is 30.2 Å². The van der Waals surface area contributed by atoms with Gasteiger partial charge in [-0.1, -0.05) is 59.1 Å². The molecule has 0 saturated carbocycles. The van der Waals surface area contributed by atoms with Gasteiger partial charge in [-0.2, -0.15) is 0 Å². The third-order valence-corrected chi connectivity index (χ3v) is 3.40. The molecule has 0 unspecified atom stereocenters. The van der Waals surface area contributed by atoms with E-state index in [0.717, 1.165) is 17.2 Å². The van der Waals surface area contributed by atoms with Crippen LogP contribution in [0, 0.1) is 6.92 Å². The Morgan fingerprint density at radius 1 is 1.10 bits per heavy atom. The normalized spacial score (nSPS) is 11.4. The van der Waals surface area contributed by atoms with Crippen LogP contribution < -0.4 is 0 Å². The summed E-state index contributed by atoms with van der Waals surface area (Å²) in [5.41, 5.74) is 3.09. The van der Waals surface area contributed by atoms with Crippen molar-refractivity contribution in [3.8, 4) is 0 Å². The lowest BCUT2D eigenvalue weighted by atomic mass is 9.96. The minimum Gasteiger partial charge on any atom is -0.478 e. The summed E-state index contributed by atoms with van der Waals surface area (Å²) in [7, 11) is 0. The molecule has 0 bridgehead atoms. The fourth-order valence-electron chi connectivity index (χ4n) is 1.88. The van der Waals surface area contributed by atoms with Gasteiger partial charge in [0.25, 0.3) is 0 Å². The first-order chi connectivity index (χ1) is 9.47. The number of carboxylic acid groups (broad SMARTS) is 1. The molecule has 2 aromatic carbocycles. The van der Waals surface area contributed by atoms with Gasteiger partial charge in [0.2, 0.25) is 0 Å². The molecule has 2 nitrogen and oxygen atoms in total. The van der Waals surface area contributed by atoms with E-state index >= 15 is 0 Å². The largest absolute Gasteiger partial charge is 0.478 e. The quantitative estimate of drug-likeness (QED) is 0.826. The number of aliphatic carboxylic acids is 1. The molecule has 0 heterocycles. The molecule has 0 aromatic heterocycles. The van der Waals surface area contributed by atoms with Gasteiger partial charge in [0.05, 0.1) is 0 Å². The Bertz CT molecular complexity index is 673. The number of carboxylic acids is 1. The third kappa shape index (κ3) is 3.41. The molecule has 1 N–H and O–H groups in total. The maximum Gasteiger partial charge on any atom is 0.328 e. The maximum atomic E-state index is 11.1. The van der Waals surface area contributed by atoms with E-state index < -0.39 is 5.97 Å². The van der Waals surface area contributed by atoms with E-state index in [9.17, 15) is 4.79 Å². The number of aryl methyl sites for hydroxylation is 1. The average molecular weight is 307 g/mol. The van der Waals surface area contributed by atoms with Crippen molar-refractivity contribution in [2.24, 2.45) is 0 Å². The van der Waals surface area contributed by atoms with Crippen molar-refractivity contribution in [1.29, 1.82) is 0 Å². The van der Waals surface area contributed by atoms with Crippen molar-refractivity contribution < 1.29 is 9.90 Å². The van der Waals surface area contributed by atoms with Crippen molar-refractivity contribution in [2.75, 3.05) is 0 Å². The second kappa shape index (κ2) is 6.12. The zero-order valence-electron chi connectivity index (χ0n) is 10.7. The second-order valence-electron chi connectivity index (χ2n) is 4.39. The molecule has 0 fully saturated rings. The summed E-state index contributed by atoms with van der Waals surface area (Å²) in [5, 5.41) is 9.99. The summed E-state index contributed by atoms with van der Waals surface area (Å²) >= 11 is 12.0. The number of hydrogen-bond acceptors (Lipinski definition) is 1. The van der Waals surface area contributed by atoms with Gasteiger partial charge < -0.3 is 5.11 Å². The Morgan fingerprint density at radius 3 is 2.30 bits per heavy atom. The van der Waals surface area contributed by atoms with Gasteiger partial charge in [-0.3, -0.25) is 0 Å². The van der Waals surface area contributed by atoms with Crippen molar-refractivity contribution >= 4 is 34.7 Å². The van der Waals surface area contributed by atoms with Crippen LogP contribution in [0.4, 0.5) is 0 Å². The van der Waals surface area contributed by atoms with E-state index in [2.05, 4.69) is 0 Å². The van der Waals surface area contributed by atoms with E-state index in [1.807, 2.05) is 31.2 Å². The van der Waals surface area contributed by atoms with Crippen LogP contribution in [0.25, 0.3) is 5.57 Å². The third-order valence-electron chi connectivity index (χ3n) is 2.85. The predicted octanol–water partition coefficient (Wildman–Crippen LogP) is 4.82. The smallest absolute Gasteiger partial charge is 0.328 e. The fourth-order valence-corrected chi connectivity index (χ4v) is 2.39. The zero-order valence-corrected chi connectivity index (χ0v) is 12.2. The summed E-state index contributed by atoms with van der Waals surface area (Å²) in [6, 6.07) is 12.6. The van der Waals surface area contributed by atoms with Crippen LogP contribution in [0.15, 0.2) is 48.5 Å². The van der Waals surface area contributed by atoms with E-state index in [0.29, 0.717) is 21.2 Å². The topological polar surface area (TPSA) is 37.3 Å². The molecule has 102 valence electrons. The lowest BCUT2D eigenvalue weighted by Crippen LogP contribution is -1.95. The Balaban J connectivity index is 2.59. The van der Waals surface area contributed by atoms with Crippen molar-refractivity contribution in [2.45, 2.75) is 6.92 Å². The van der Waals surface area contributed by atoms with Crippen molar-refractivity contribution in [3.63, 3.8) is 0 Å². The number of halogens is 2. The molecule has 4 heteroatoms. The molecular weight excluding hydrogens is 295 g/mol. The molecule has 20 heavy (non-hydrogen) atoms. The summed E-state index contributed by atoms with van der Waals surface area (Å²) in [5.74, 6) is -1.02. The van der Waals surface area contributed by atoms with Crippen LogP contribution in [0.3, 0.4) is 0 Å². The molecule has 2 rings (SSSR count). The van der Waals surface area contributed by atoms with E-state index in [1.54, 1.807) is 18.2 Å². The van der Waals surface area contributed by atoms with Crippen LogP contribution >= 0.6 is 23.2 Å². The molecule has 0 saturated heterocycles. The first-order valence-electron chi connectivity index (χ1n) is 5.94. The number of hydrogen-bond donors (Lipinski definition) is 1. The maximum absolute atomic E-state index is 11.1. The summed E-state index contributed by atoms with van der Waals surface area (Å²) in [6.45, 7) is 1.97. The molecule has 0 atom stereocenters. The number of benzene rings is 2. The van der Waals surface area contributed by atoms with Crippen LogP contribution in [-0.2, 0) is 4.79 Å². The van der Waals surface area contributed by atoms with Crippen molar-refractivity contribution in [3.05, 3.63) is 75.3 Å². The second-order valence-corrected chi connectivity index (χ2v) is 5.23. The highest BCUT2D eigenvalue weighted by Crippen LogP contribution is 2.31. The molecule has 0 aliphatic heterocycles. The Kier molecular flexibility index (Phi) is 4.48. The monoisotopic (exact) mass is 306 g/mol. The van der Waals surface area contributed by atoms with E-state index in [-0.39, 0.29) is 0 Å². The molecule has 0 spiro atoms. The lowest BCUT2D eigenvalue weighted by molar-refractivity contribution is -0.131. The number of rotatable bonds is 3. The summed E-state index contributed by atoms with van der Waals surface area (Å²) in [6.07, 6.45) is 1.15. The minimum absolute atomic E-state index is 0.422. The Morgan fingerprint density at radius 2 is 1.75 bits per heavy atom. The van der Waals surface area contributed by atoms with Gasteiger partial charge in [0.15, 0.2) is 0 Å². The predicted molar refractivity (Wildman–Crippen MR) is 82.4 cm³/mol. The van der Waals surface area contributed by atoms with Crippen LogP contribution in [0.2, 0.25) is 10.0 Å². The molecular formula is C16H12Cl2O2. The minimum atomic E-state index is -1.02. The first-order valence-corrected chi connectivity index (χ1v) is 6.70. The molecule has 0 radical (unpaired) electrons. The highest BCUT2D eigenvalue weighted by molar-refractivity contribution is 6.36. The molecule has 0 aliphatic carbocycles. The van der Waals surface area contributed by atoms with Gasteiger partial charge in [-0.15, -0.1) is 0 Å². The van der Waals surface area contributed by atoms with Gasteiger partial charge >= 0.3 is 5.97 Å². The standard InChI is InChI=1S/C16H12Cl2O2/c1-10-2-4-11(5-3-10)14(9-16(19)20)13-7-6-12(17)8-15(13)18/h2-9H,1H3,(H,19,20)/b14-9-. The average Bonchev–Trinajstić information content (AvgIpc) is 2.37.